The molecule has 0 bridgehead atoms. The van der Waals surface area contributed by atoms with E-state index in [9.17, 15) is 31.5 Å². The Kier molecular flexibility index (Phi) is 6.27. The number of hydrogen-bond donors (Lipinski definition) is 1. The first kappa shape index (κ1) is 20.1. The van der Waals surface area contributed by atoms with E-state index in [0.29, 0.717) is 12.2 Å². The predicted octanol–water partition coefficient (Wildman–Crippen LogP) is 4.43. The van der Waals surface area contributed by atoms with E-state index in [-0.39, 0.29) is 12.3 Å². The van der Waals surface area contributed by atoms with Gasteiger partial charge in [0.2, 0.25) is 0 Å². The Labute approximate surface area is 150 Å². The number of halogens is 5. The molecule has 27 heavy (non-hydrogen) atoms. The molecule has 0 amide bonds. The highest BCUT2D eigenvalue weighted by atomic mass is 19.2. The zero-order valence-electron chi connectivity index (χ0n) is 13.8. The van der Waals surface area contributed by atoms with Crippen molar-refractivity contribution in [3.63, 3.8) is 0 Å². The maximum Gasteiger partial charge on any atom is 0.330 e. The number of hydrogen-bond acceptors (Lipinski definition) is 4. The second-order valence-electron chi connectivity index (χ2n) is 5.09. The molecule has 1 N–H and O–H groups in total. The van der Waals surface area contributed by atoms with Gasteiger partial charge in [-0.3, -0.25) is 4.79 Å². The third-order valence-corrected chi connectivity index (χ3v) is 3.28. The number of benzene rings is 2. The summed E-state index contributed by atoms with van der Waals surface area (Å²) in [5.41, 5.74) is -2.20. The number of allylic oxidation sites excluding steroid dienone is 1. The van der Waals surface area contributed by atoms with Crippen molar-refractivity contribution in [2.45, 2.75) is 6.92 Å². The first-order chi connectivity index (χ1) is 12.8. The van der Waals surface area contributed by atoms with Crippen molar-refractivity contribution >= 4 is 23.1 Å². The third-order valence-electron chi connectivity index (χ3n) is 3.28. The molecule has 0 saturated heterocycles. The number of carbonyl (C=O) groups is 2. The monoisotopic (exact) mass is 385 g/mol. The number of anilines is 2. The molecular weight excluding hydrogens is 373 g/mol. The predicted molar refractivity (Wildman–Crippen MR) is 86.1 cm³/mol. The van der Waals surface area contributed by atoms with Gasteiger partial charge in [0.05, 0.1) is 17.9 Å². The molecule has 0 aliphatic carbocycles. The van der Waals surface area contributed by atoms with Crippen LogP contribution >= 0.6 is 0 Å². The zero-order valence-corrected chi connectivity index (χ0v) is 13.8. The quantitative estimate of drug-likeness (QED) is 0.200. The topological polar surface area (TPSA) is 55.4 Å². The van der Waals surface area contributed by atoms with Crippen molar-refractivity contribution in [1.29, 1.82) is 0 Å². The Hall–Kier alpha value is -3.23. The number of ketones is 1. The minimum Gasteiger partial charge on any atom is -0.463 e. The highest BCUT2D eigenvalue weighted by Crippen LogP contribution is 2.31. The molecule has 0 aromatic heterocycles. The van der Waals surface area contributed by atoms with E-state index in [1.807, 2.05) is 0 Å². The number of nitrogens with one attached hydrogen (secondary N) is 1. The zero-order chi connectivity index (χ0) is 20.1. The van der Waals surface area contributed by atoms with Crippen LogP contribution in [0.1, 0.15) is 17.3 Å². The van der Waals surface area contributed by atoms with E-state index in [4.69, 9.17) is 0 Å². The maximum atomic E-state index is 14.2. The average molecular weight is 385 g/mol. The van der Waals surface area contributed by atoms with Crippen LogP contribution in [0, 0.1) is 29.1 Å². The highest BCUT2D eigenvalue weighted by molar-refractivity contribution is 6.11. The molecule has 0 radical (unpaired) electrons. The highest BCUT2D eigenvalue weighted by Gasteiger charge is 2.28. The second-order valence-corrected chi connectivity index (χ2v) is 5.09. The van der Waals surface area contributed by atoms with Crippen molar-refractivity contribution in [1.82, 2.24) is 0 Å². The van der Waals surface area contributed by atoms with Crippen LogP contribution in [0.5, 0.6) is 0 Å². The van der Waals surface area contributed by atoms with E-state index in [1.54, 1.807) is 0 Å². The normalized spacial score (nSPS) is 10.9. The first-order valence-electron chi connectivity index (χ1n) is 7.54. The van der Waals surface area contributed by atoms with Gasteiger partial charge in [0.1, 0.15) is 5.82 Å². The van der Waals surface area contributed by atoms with E-state index in [0.717, 1.165) is 24.3 Å². The minimum atomic E-state index is -2.19. The summed E-state index contributed by atoms with van der Waals surface area (Å²) in [6.45, 7) is 1.51. The maximum absolute atomic E-state index is 14.2. The standard InChI is InChI=1S/C18H12F5NO3/c1-2-27-12(26)8-7-11(25)13-14(20)15(21)16(22)17(23)18(13)24-10-5-3-9(19)4-6-10/h3-8,24H,2H2,1H3/b8-7+. The fraction of sp³-hybridized carbons (Fsp3) is 0.111. The van der Waals surface area contributed by atoms with E-state index >= 15 is 0 Å². The molecule has 2 rings (SSSR count). The summed E-state index contributed by atoms with van der Waals surface area (Å²) >= 11 is 0. The lowest BCUT2D eigenvalue weighted by Gasteiger charge is -2.14. The molecule has 0 saturated carbocycles. The third kappa shape index (κ3) is 4.49. The number of carbonyl (C=O) groups excluding carboxylic acids is 2. The van der Waals surface area contributed by atoms with Crippen molar-refractivity contribution in [3.8, 4) is 0 Å². The van der Waals surface area contributed by atoms with Gasteiger partial charge >= 0.3 is 5.97 Å². The summed E-state index contributed by atoms with van der Waals surface area (Å²) in [5.74, 6) is -11.0. The lowest BCUT2D eigenvalue weighted by Crippen LogP contribution is -2.12. The second kappa shape index (κ2) is 8.43. The Morgan fingerprint density at radius 3 is 2.11 bits per heavy atom. The largest absolute Gasteiger partial charge is 0.463 e. The van der Waals surface area contributed by atoms with Gasteiger partial charge in [0.25, 0.3) is 0 Å². The smallest absolute Gasteiger partial charge is 0.330 e. The van der Waals surface area contributed by atoms with Gasteiger partial charge in [-0.2, -0.15) is 0 Å². The summed E-state index contributed by atoms with van der Waals surface area (Å²) in [6.07, 6.45) is 1.16. The van der Waals surface area contributed by atoms with Crippen LogP contribution in [0.15, 0.2) is 36.4 Å². The van der Waals surface area contributed by atoms with Crippen molar-refractivity contribution < 1.29 is 36.3 Å². The van der Waals surface area contributed by atoms with Gasteiger partial charge in [0, 0.05) is 11.8 Å². The summed E-state index contributed by atoms with van der Waals surface area (Å²) in [7, 11) is 0. The fourth-order valence-electron chi connectivity index (χ4n) is 2.08. The molecule has 2 aromatic carbocycles. The molecule has 4 nitrogen and oxygen atoms in total. The van der Waals surface area contributed by atoms with Gasteiger partial charge < -0.3 is 10.1 Å². The van der Waals surface area contributed by atoms with Crippen LogP contribution in [0.4, 0.5) is 33.3 Å². The van der Waals surface area contributed by atoms with E-state index in [2.05, 4.69) is 10.1 Å². The Bertz CT molecular complexity index is 910. The lowest BCUT2D eigenvalue weighted by atomic mass is 10.0. The van der Waals surface area contributed by atoms with Crippen molar-refractivity contribution in [2.75, 3.05) is 11.9 Å². The Morgan fingerprint density at radius 2 is 1.52 bits per heavy atom. The Balaban J connectivity index is 2.52. The summed E-state index contributed by atoms with van der Waals surface area (Å²) in [5, 5.41) is 2.21. The molecule has 0 atom stereocenters. The van der Waals surface area contributed by atoms with Crippen LogP contribution in [0.25, 0.3) is 0 Å². The molecular formula is C18H12F5NO3. The molecule has 9 heteroatoms. The molecule has 0 aliphatic rings. The average Bonchev–Trinajstić information content (AvgIpc) is 2.64. The van der Waals surface area contributed by atoms with Crippen LogP contribution in [0.3, 0.4) is 0 Å². The number of esters is 1. The van der Waals surface area contributed by atoms with Gasteiger partial charge in [0.15, 0.2) is 29.1 Å². The van der Waals surface area contributed by atoms with Gasteiger partial charge in [-0.1, -0.05) is 0 Å². The first-order valence-corrected chi connectivity index (χ1v) is 7.54. The SMILES string of the molecule is CCOC(=O)/C=C/C(=O)c1c(F)c(F)c(F)c(F)c1Nc1ccc(F)cc1. The molecule has 0 spiro atoms. The molecule has 0 aliphatic heterocycles. The van der Waals surface area contributed by atoms with Crippen LogP contribution in [0.2, 0.25) is 0 Å². The summed E-state index contributed by atoms with van der Waals surface area (Å²) < 4.78 is 72.9. The molecule has 2 aromatic rings. The lowest BCUT2D eigenvalue weighted by molar-refractivity contribution is -0.137. The van der Waals surface area contributed by atoms with Gasteiger partial charge in [-0.25, -0.2) is 26.7 Å². The van der Waals surface area contributed by atoms with E-state index in [1.165, 1.54) is 6.92 Å². The fourth-order valence-corrected chi connectivity index (χ4v) is 2.08. The summed E-state index contributed by atoms with van der Waals surface area (Å²) in [6, 6.07) is 4.16. The molecule has 0 unspecified atom stereocenters. The molecule has 0 fully saturated rings. The van der Waals surface area contributed by atoms with Gasteiger partial charge in [-0.15, -0.1) is 0 Å². The van der Waals surface area contributed by atoms with Crippen molar-refractivity contribution in [3.05, 3.63) is 71.1 Å². The number of ether oxygens (including phenoxy) is 1. The molecule has 0 heterocycles. The van der Waals surface area contributed by atoms with Gasteiger partial charge in [-0.05, 0) is 37.3 Å². The van der Waals surface area contributed by atoms with Crippen LogP contribution in [-0.2, 0) is 9.53 Å². The van der Waals surface area contributed by atoms with Crippen LogP contribution in [-0.4, -0.2) is 18.4 Å². The number of rotatable bonds is 6. The minimum absolute atomic E-state index is 0.00288. The summed E-state index contributed by atoms with van der Waals surface area (Å²) in [4.78, 5) is 23.4. The van der Waals surface area contributed by atoms with E-state index < -0.39 is 52.1 Å². The van der Waals surface area contributed by atoms with Crippen molar-refractivity contribution in [2.24, 2.45) is 0 Å². The Morgan fingerprint density at radius 1 is 0.926 bits per heavy atom. The van der Waals surface area contributed by atoms with Crippen LogP contribution < -0.4 is 5.32 Å². The molecule has 142 valence electrons.